The van der Waals surface area contributed by atoms with Crippen LogP contribution < -0.4 is 5.32 Å². The van der Waals surface area contributed by atoms with Crippen molar-refractivity contribution in [1.29, 1.82) is 0 Å². The van der Waals surface area contributed by atoms with Gasteiger partial charge in [0.25, 0.3) is 0 Å². The Labute approximate surface area is 166 Å². The summed E-state index contributed by atoms with van der Waals surface area (Å²) in [4.78, 5) is 20.5. The Morgan fingerprint density at radius 2 is 1.89 bits per heavy atom. The zero-order valence-electron chi connectivity index (χ0n) is 15.0. The average molecular weight is 391 g/mol. The number of para-hydroxylation sites is 1. The van der Waals surface area contributed by atoms with Crippen molar-refractivity contribution in [3.63, 3.8) is 0 Å². The highest BCUT2D eigenvalue weighted by atomic mass is 32.2. The molecule has 0 fully saturated rings. The number of rotatable bonds is 6. The first-order valence-corrected chi connectivity index (χ1v) is 9.70. The number of halogens is 1. The summed E-state index contributed by atoms with van der Waals surface area (Å²) in [7, 11) is 0. The number of nitrogens with one attached hydrogen (secondary N) is 2. The molecular weight excluding hydrogens is 373 g/mol. The minimum absolute atomic E-state index is 0.0935. The van der Waals surface area contributed by atoms with Gasteiger partial charge < -0.3 is 10.3 Å². The van der Waals surface area contributed by atoms with Crippen LogP contribution in [0.5, 0.6) is 0 Å². The molecule has 6 heteroatoms. The summed E-state index contributed by atoms with van der Waals surface area (Å²) in [5.41, 5.74) is 2.74. The van der Waals surface area contributed by atoms with Crippen LogP contribution >= 0.6 is 11.8 Å². The Hall–Kier alpha value is -3.12. The summed E-state index contributed by atoms with van der Waals surface area (Å²) in [5, 5.41) is 4.68. The molecule has 0 aliphatic heterocycles. The SMILES string of the molecule is O=C(Cc1c(Sc2ccccc2F)[nH]c2ccccc12)NCc1cccnc1. The van der Waals surface area contributed by atoms with Gasteiger partial charge in [-0.1, -0.05) is 48.2 Å². The second kappa shape index (κ2) is 8.27. The lowest BCUT2D eigenvalue weighted by Gasteiger charge is -2.07. The van der Waals surface area contributed by atoms with E-state index in [0.717, 1.165) is 27.1 Å². The standard InChI is InChI=1S/C22H18FN3OS/c23-18-8-2-4-10-20(18)28-22-17(16-7-1-3-9-19(16)26-22)12-21(27)25-14-15-6-5-11-24-13-15/h1-11,13,26H,12,14H2,(H,25,27). The summed E-state index contributed by atoms with van der Waals surface area (Å²) in [5.74, 6) is -0.373. The molecule has 0 unspecified atom stereocenters. The Bertz CT molecular complexity index is 1110. The topological polar surface area (TPSA) is 57.8 Å². The molecule has 1 amide bonds. The van der Waals surface area contributed by atoms with Crippen LogP contribution in [0.15, 0.2) is 83.0 Å². The van der Waals surface area contributed by atoms with Gasteiger partial charge in [0.1, 0.15) is 5.82 Å². The van der Waals surface area contributed by atoms with Crippen molar-refractivity contribution < 1.29 is 9.18 Å². The molecule has 0 bridgehead atoms. The van der Waals surface area contributed by atoms with Gasteiger partial charge in [0, 0.05) is 40.3 Å². The van der Waals surface area contributed by atoms with Crippen LogP contribution in [0.25, 0.3) is 10.9 Å². The van der Waals surface area contributed by atoms with E-state index in [1.807, 2.05) is 36.4 Å². The fraction of sp³-hybridized carbons (Fsp3) is 0.0909. The van der Waals surface area contributed by atoms with Gasteiger partial charge in [0.05, 0.1) is 11.4 Å². The van der Waals surface area contributed by atoms with Gasteiger partial charge in [0.2, 0.25) is 5.91 Å². The second-order valence-electron chi connectivity index (χ2n) is 6.33. The van der Waals surface area contributed by atoms with Crippen LogP contribution in [0, 0.1) is 5.82 Å². The predicted octanol–water partition coefficient (Wildman–Crippen LogP) is 4.71. The van der Waals surface area contributed by atoms with E-state index in [1.165, 1.54) is 17.8 Å². The Balaban J connectivity index is 1.58. The number of benzene rings is 2. The molecule has 2 aromatic carbocycles. The molecule has 0 spiro atoms. The third-order valence-corrected chi connectivity index (χ3v) is 5.48. The van der Waals surface area contributed by atoms with E-state index in [-0.39, 0.29) is 18.1 Å². The van der Waals surface area contributed by atoms with Crippen molar-refractivity contribution in [2.24, 2.45) is 0 Å². The number of aromatic nitrogens is 2. The fourth-order valence-electron chi connectivity index (χ4n) is 3.00. The van der Waals surface area contributed by atoms with Gasteiger partial charge in [-0.3, -0.25) is 9.78 Å². The Kier molecular flexibility index (Phi) is 5.39. The maximum absolute atomic E-state index is 14.1. The minimum atomic E-state index is -0.280. The van der Waals surface area contributed by atoms with E-state index in [4.69, 9.17) is 0 Å². The molecule has 0 aliphatic rings. The van der Waals surface area contributed by atoms with Gasteiger partial charge in [0.15, 0.2) is 0 Å². The molecule has 0 atom stereocenters. The second-order valence-corrected chi connectivity index (χ2v) is 7.38. The molecule has 2 aromatic heterocycles. The number of hydrogen-bond acceptors (Lipinski definition) is 3. The Morgan fingerprint density at radius 3 is 2.71 bits per heavy atom. The maximum Gasteiger partial charge on any atom is 0.224 e. The van der Waals surface area contributed by atoms with Crippen LogP contribution in [0.4, 0.5) is 4.39 Å². The van der Waals surface area contributed by atoms with E-state index in [9.17, 15) is 9.18 Å². The smallest absolute Gasteiger partial charge is 0.224 e. The summed E-state index contributed by atoms with van der Waals surface area (Å²) < 4.78 is 14.1. The molecule has 0 radical (unpaired) electrons. The molecule has 0 saturated carbocycles. The number of aromatic amines is 1. The summed E-state index contributed by atoms with van der Waals surface area (Å²) in [6.45, 7) is 0.421. The molecule has 140 valence electrons. The van der Waals surface area contributed by atoms with E-state index >= 15 is 0 Å². The largest absolute Gasteiger partial charge is 0.352 e. The van der Waals surface area contributed by atoms with Crippen LogP contribution in [-0.4, -0.2) is 15.9 Å². The number of nitrogens with zero attached hydrogens (tertiary/aromatic N) is 1. The van der Waals surface area contributed by atoms with Gasteiger partial charge >= 0.3 is 0 Å². The lowest BCUT2D eigenvalue weighted by molar-refractivity contribution is -0.120. The highest BCUT2D eigenvalue weighted by Crippen LogP contribution is 2.35. The van der Waals surface area contributed by atoms with Crippen LogP contribution in [0.3, 0.4) is 0 Å². The van der Waals surface area contributed by atoms with Crippen molar-refractivity contribution in [1.82, 2.24) is 15.3 Å². The van der Waals surface area contributed by atoms with E-state index in [1.54, 1.807) is 30.6 Å². The van der Waals surface area contributed by atoms with Crippen LogP contribution in [0.2, 0.25) is 0 Å². The molecular formula is C22H18FN3OS. The number of H-pyrrole nitrogens is 1. The molecule has 2 heterocycles. The quantitative estimate of drug-likeness (QED) is 0.500. The van der Waals surface area contributed by atoms with E-state index in [0.29, 0.717) is 11.4 Å². The third kappa shape index (κ3) is 4.07. The first-order chi connectivity index (χ1) is 13.7. The van der Waals surface area contributed by atoms with Gasteiger partial charge in [-0.2, -0.15) is 0 Å². The zero-order chi connectivity index (χ0) is 19.3. The first kappa shape index (κ1) is 18.3. The number of amides is 1. The molecule has 4 rings (SSSR count). The van der Waals surface area contributed by atoms with Crippen LogP contribution in [0.1, 0.15) is 11.1 Å². The van der Waals surface area contributed by atoms with Crippen molar-refractivity contribution >= 4 is 28.6 Å². The number of carbonyl (C=O) groups is 1. The zero-order valence-corrected chi connectivity index (χ0v) is 15.8. The van der Waals surface area contributed by atoms with Gasteiger partial charge in [-0.05, 0) is 29.8 Å². The highest BCUT2D eigenvalue weighted by molar-refractivity contribution is 7.99. The van der Waals surface area contributed by atoms with E-state index < -0.39 is 0 Å². The number of pyridine rings is 1. The van der Waals surface area contributed by atoms with Crippen LogP contribution in [-0.2, 0) is 17.8 Å². The number of carbonyl (C=O) groups excluding carboxylic acids is 1. The molecule has 0 aliphatic carbocycles. The molecule has 28 heavy (non-hydrogen) atoms. The highest BCUT2D eigenvalue weighted by Gasteiger charge is 2.17. The number of hydrogen-bond donors (Lipinski definition) is 2. The summed E-state index contributed by atoms with van der Waals surface area (Å²) in [6, 6.07) is 18.2. The van der Waals surface area contributed by atoms with E-state index in [2.05, 4.69) is 15.3 Å². The summed E-state index contributed by atoms with van der Waals surface area (Å²) >= 11 is 1.30. The fourth-order valence-corrected chi connectivity index (χ4v) is 4.00. The predicted molar refractivity (Wildman–Crippen MR) is 109 cm³/mol. The number of fused-ring (bicyclic) bond motifs is 1. The van der Waals surface area contributed by atoms with Gasteiger partial charge in [-0.15, -0.1) is 0 Å². The minimum Gasteiger partial charge on any atom is -0.352 e. The lowest BCUT2D eigenvalue weighted by Crippen LogP contribution is -2.24. The van der Waals surface area contributed by atoms with Crippen molar-refractivity contribution in [2.75, 3.05) is 0 Å². The monoisotopic (exact) mass is 391 g/mol. The third-order valence-electron chi connectivity index (χ3n) is 4.37. The van der Waals surface area contributed by atoms with Crippen molar-refractivity contribution in [3.05, 3.63) is 90.0 Å². The van der Waals surface area contributed by atoms with Crippen molar-refractivity contribution in [2.45, 2.75) is 22.9 Å². The summed E-state index contributed by atoms with van der Waals surface area (Å²) in [6.07, 6.45) is 3.63. The molecule has 2 N–H and O–H groups in total. The maximum atomic E-state index is 14.1. The average Bonchev–Trinajstić information content (AvgIpc) is 3.06. The van der Waals surface area contributed by atoms with Gasteiger partial charge in [-0.25, -0.2) is 4.39 Å². The lowest BCUT2D eigenvalue weighted by atomic mass is 10.1. The molecule has 4 nitrogen and oxygen atoms in total. The normalized spacial score (nSPS) is 10.9. The van der Waals surface area contributed by atoms with Crippen molar-refractivity contribution in [3.8, 4) is 0 Å². The molecule has 0 saturated heterocycles. The molecule has 4 aromatic rings. The first-order valence-electron chi connectivity index (χ1n) is 8.88. The Morgan fingerprint density at radius 1 is 1.07 bits per heavy atom.